The molecule has 0 saturated carbocycles. The first-order valence-electron chi connectivity index (χ1n) is 10.2. The summed E-state index contributed by atoms with van der Waals surface area (Å²) in [5, 5.41) is 7.02. The van der Waals surface area contributed by atoms with Gasteiger partial charge in [0, 0.05) is 18.8 Å². The number of hydrogen-bond donors (Lipinski definition) is 1. The van der Waals surface area contributed by atoms with E-state index in [1.165, 1.54) is 16.1 Å². The topological polar surface area (TPSA) is 111 Å². The van der Waals surface area contributed by atoms with Crippen molar-refractivity contribution in [3.05, 3.63) is 41.2 Å². The van der Waals surface area contributed by atoms with Crippen LogP contribution in [-0.4, -0.2) is 54.6 Å². The summed E-state index contributed by atoms with van der Waals surface area (Å²) in [5.41, 5.74) is 1.66. The van der Waals surface area contributed by atoms with Crippen molar-refractivity contribution in [3.8, 4) is 0 Å². The van der Waals surface area contributed by atoms with Gasteiger partial charge in [0.05, 0.1) is 24.1 Å². The second-order valence-corrected chi connectivity index (χ2v) is 9.05. The standard InChI is InChI=1S/C21H30N4O5S/c1-6-12-24(13-7-2)31(28,29)20-15(3)23-25(16(20)4)14-19(26)22-18-10-8-17(9-11-18)21(27)30-5/h8-11H,6-7,12-14H2,1-5H3,(H,22,26). The summed E-state index contributed by atoms with van der Waals surface area (Å²) in [7, 11) is -2.41. The number of amides is 1. The number of aryl methyl sites for hydroxylation is 1. The lowest BCUT2D eigenvalue weighted by Gasteiger charge is -2.21. The van der Waals surface area contributed by atoms with Crippen molar-refractivity contribution < 1.29 is 22.7 Å². The van der Waals surface area contributed by atoms with Gasteiger partial charge in [0.15, 0.2) is 0 Å². The van der Waals surface area contributed by atoms with Gasteiger partial charge in [-0.05, 0) is 51.0 Å². The number of benzene rings is 1. The molecule has 31 heavy (non-hydrogen) atoms. The second kappa shape index (κ2) is 10.5. The highest BCUT2D eigenvalue weighted by Gasteiger charge is 2.30. The Morgan fingerprint density at radius 2 is 1.68 bits per heavy atom. The van der Waals surface area contributed by atoms with Crippen LogP contribution in [0, 0.1) is 13.8 Å². The summed E-state index contributed by atoms with van der Waals surface area (Å²) in [4.78, 5) is 24.1. The Balaban J connectivity index is 2.20. The average Bonchev–Trinajstić information content (AvgIpc) is 3.01. The zero-order valence-electron chi connectivity index (χ0n) is 18.6. The lowest BCUT2D eigenvalue weighted by Crippen LogP contribution is -2.33. The van der Waals surface area contributed by atoms with Gasteiger partial charge in [-0.15, -0.1) is 0 Å². The molecule has 0 spiro atoms. The molecule has 1 amide bonds. The van der Waals surface area contributed by atoms with E-state index in [1.807, 2.05) is 13.8 Å². The minimum Gasteiger partial charge on any atom is -0.465 e. The molecule has 1 heterocycles. The molecule has 0 aliphatic heterocycles. The van der Waals surface area contributed by atoms with E-state index in [4.69, 9.17) is 0 Å². The van der Waals surface area contributed by atoms with Crippen LogP contribution < -0.4 is 5.32 Å². The largest absolute Gasteiger partial charge is 0.465 e. The molecule has 0 aliphatic carbocycles. The Morgan fingerprint density at radius 1 is 1.10 bits per heavy atom. The van der Waals surface area contributed by atoms with E-state index in [0.29, 0.717) is 48.6 Å². The summed E-state index contributed by atoms with van der Waals surface area (Å²) in [6.45, 7) is 7.89. The summed E-state index contributed by atoms with van der Waals surface area (Å²) in [6.07, 6.45) is 1.42. The molecular formula is C21H30N4O5S. The van der Waals surface area contributed by atoms with Gasteiger partial charge < -0.3 is 10.1 Å². The molecule has 1 aromatic heterocycles. The number of methoxy groups -OCH3 is 1. The van der Waals surface area contributed by atoms with E-state index < -0.39 is 16.0 Å². The van der Waals surface area contributed by atoms with Crippen LogP contribution in [0.5, 0.6) is 0 Å². The monoisotopic (exact) mass is 450 g/mol. The maximum atomic E-state index is 13.2. The number of anilines is 1. The maximum absolute atomic E-state index is 13.2. The van der Waals surface area contributed by atoms with Gasteiger partial charge in [0.1, 0.15) is 11.4 Å². The lowest BCUT2D eigenvalue weighted by molar-refractivity contribution is -0.116. The molecule has 0 bridgehead atoms. The minimum atomic E-state index is -3.70. The Labute approximate surface area is 183 Å². The Kier molecular flexibility index (Phi) is 8.35. The number of carbonyl (C=O) groups is 2. The highest BCUT2D eigenvalue weighted by molar-refractivity contribution is 7.89. The molecule has 2 aromatic rings. The number of carbonyl (C=O) groups excluding carboxylic acids is 2. The van der Waals surface area contributed by atoms with Crippen LogP contribution in [0.25, 0.3) is 0 Å². The van der Waals surface area contributed by atoms with E-state index in [1.54, 1.807) is 38.1 Å². The quantitative estimate of drug-likeness (QED) is 0.557. The molecule has 0 fully saturated rings. The van der Waals surface area contributed by atoms with Gasteiger partial charge in [0.25, 0.3) is 0 Å². The van der Waals surface area contributed by atoms with Gasteiger partial charge in [-0.25, -0.2) is 13.2 Å². The van der Waals surface area contributed by atoms with Crippen molar-refractivity contribution in [2.45, 2.75) is 52.0 Å². The van der Waals surface area contributed by atoms with Gasteiger partial charge in [-0.3, -0.25) is 9.48 Å². The molecule has 0 saturated heterocycles. The predicted molar refractivity (Wildman–Crippen MR) is 117 cm³/mol. The fraction of sp³-hybridized carbons (Fsp3) is 0.476. The van der Waals surface area contributed by atoms with Crippen LogP contribution in [0.1, 0.15) is 48.4 Å². The smallest absolute Gasteiger partial charge is 0.337 e. The Bertz CT molecular complexity index is 1020. The number of esters is 1. The summed E-state index contributed by atoms with van der Waals surface area (Å²) < 4.78 is 33.9. The number of ether oxygens (including phenoxy) is 1. The van der Waals surface area contributed by atoms with Crippen molar-refractivity contribution >= 4 is 27.6 Å². The second-order valence-electron chi connectivity index (χ2n) is 7.18. The first-order chi connectivity index (χ1) is 14.6. The molecule has 2 rings (SSSR count). The van der Waals surface area contributed by atoms with E-state index >= 15 is 0 Å². The third kappa shape index (κ3) is 5.71. The number of nitrogens with one attached hydrogen (secondary N) is 1. The number of aromatic nitrogens is 2. The predicted octanol–water partition coefficient (Wildman–Crippen LogP) is 2.74. The number of hydrogen-bond acceptors (Lipinski definition) is 6. The first kappa shape index (κ1) is 24.5. The van der Waals surface area contributed by atoms with E-state index in [0.717, 1.165) is 0 Å². The van der Waals surface area contributed by atoms with E-state index in [2.05, 4.69) is 15.2 Å². The molecule has 0 unspecified atom stereocenters. The molecule has 170 valence electrons. The van der Waals surface area contributed by atoms with Gasteiger partial charge in [-0.1, -0.05) is 13.8 Å². The zero-order valence-corrected chi connectivity index (χ0v) is 19.5. The van der Waals surface area contributed by atoms with Crippen LogP contribution in [0.3, 0.4) is 0 Å². The van der Waals surface area contributed by atoms with Gasteiger partial charge >= 0.3 is 5.97 Å². The zero-order chi connectivity index (χ0) is 23.2. The van der Waals surface area contributed by atoms with Gasteiger partial charge in [-0.2, -0.15) is 9.40 Å². The normalized spacial score (nSPS) is 11.5. The van der Waals surface area contributed by atoms with Crippen LogP contribution in [0.15, 0.2) is 29.2 Å². The van der Waals surface area contributed by atoms with Crippen molar-refractivity contribution in [2.75, 3.05) is 25.5 Å². The molecule has 9 nitrogen and oxygen atoms in total. The molecule has 1 N–H and O–H groups in total. The fourth-order valence-corrected chi connectivity index (χ4v) is 5.33. The molecule has 0 atom stereocenters. The number of nitrogens with zero attached hydrogens (tertiary/aromatic N) is 3. The van der Waals surface area contributed by atoms with Crippen molar-refractivity contribution in [2.24, 2.45) is 0 Å². The minimum absolute atomic E-state index is 0.136. The molecule has 0 radical (unpaired) electrons. The third-order valence-electron chi connectivity index (χ3n) is 4.74. The van der Waals surface area contributed by atoms with Crippen LogP contribution >= 0.6 is 0 Å². The van der Waals surface area contributed by atoms with Crippen LogP contribution in [0.2, 0.25) is 0 Å². The van der Waals surface area contributed by atoms with E-state index in [9.17, 15) is 18.0 Å². The van der Waals surface area contributed by atoms with Crippen molar-refractivity contribution in [1.82, 2.24) is 14.1 Å². The van der Waals surface area contributed by atoms with Crippen molar-refractivity contribution in [1.29, 1.82) is 0 Å². The molecular weight excluding hydrogens is 420 g/mol. The Morgan fingerprint density at radius 3 is 2.19 bits per heavy atom. The third-order valence-corrected chi connectivity index (χ3v) is 6.89. The molecule has 1 aromatic carbocycles. The first-order valence-corrected chi connectivity index (χ1v) is 11.6. The molecule has 0 aliphatic rings. The van der Waals surface area contributed by atoms with Crippen LogP contribution in [0.4, 0.5) is 5.69 Å². The van der Waals surface area contributed by atoms with Crippen LogP contribution in [-0.2, 0) is 26.1 Å². The highest BCUT2D eigenvalue weighted by Crippen LogP contribution is 2.24. The number of sulfonamides is 1. The summed E-state index contributed by atoms with van der Waals surface area (Å²) >= 11 is 0. The summed E-state index contributed by atoms with van der Waals surface area (Å²) in [6, 6.07) is 6.28. The van der Waals surface area contributed by atoms with Crippen molar-refractivity contribution in [3.63, 3.8) is 0 Å². The maximum Gasteiger partial charge on any atom is 0.337 e. The van der Waals surface area contributed by atoms with Gasteiger partial charge in [0.2, 0.25) is 15.9 Å². The summed E-state index contributed by atoms with van der Waals surface area (Å²) in [5.74, 6) is -0.825. The Hall–Kier alpha value is -2.72. The SMILES string of the molecule is CCCN(CCC)S(=O)(=O)c1c(C)nn(CC(=O)Nc2ccc(C(=O)OC)cc2)c1C. The fourth-order valence-electron chi connectivity index (χ4n) is 3.33. The van der Waals surface area contributed by atoms with E-state index in [-0.39, 0.29) is 17.3 Å². The molecule has 10 heteroatoms. The number of rotatable bonds is 10. The lowest BCUT2D eigenvalue weighted by atomic mass is 10.2. The average molecular weight is 451 g/mol. The highest BCUT2D eigenvalue weighted by atomic mass is 32.2.